The number of aromatic nitrogens is 5. The average Bonchev–Trinajstić information content (AvgIpc) is 3.31. The van der Waals surface area contributed by atoms with Gasteiger partial charge in [-0.25, -0.2) is 14.6 Å². The summed E-state index contributed by atoms with van der Waals surface area (Å²) in [7, 11) is 0. The molecule has 0 saturated heterocycles. The lowest BCUT2D eigenvalue weighted by Crippen LogP contribution is -2.26. The van der Waals surface area contributed by atoms with Gasteiger partial charge in [0.05, 0.1) is 17.5 Å². The molecule has 0 aliphatic carbocycles. The number of thioether (sulfide) groups is 1. The molecule has 3 heterocycles. The standard InChI is InChI=1S/C22H24N6OS/c1-14(2)30-21-10-20(25-13-26-21)28-15(3)18(12-27-28)22(29)23-9-8-16-11-24-19-7-5-4-6-17(16)19/h4-7,10-14,24H,8-9H2,1-3H3,(H,23,29). The van der Waals surface area contributed by atoms with Crippen molar-refractivity contribution in [2.45, 2.75) is 37.5 Å². The molecule has 0 bridgehead atoms. The molecule has 7 nitrogen and oxygen atoms in total. The van der Waals surface area contributed by atoms with Gasteiger partial charge in [-0.1, -0.05) is 32.0 Å². The monoisotopic (exact) mass is 420 g/mol. The number of carbonyl (C=O) groups is 1. The third-order valence-electron chi connectivity index (χ3n) is 4.81. The van der Waals surface area contributed by atoms with Crippen molar-refractivity contribution in [3.05, 3.63) is 65.9 Å². The number of aromatic amines is 1. The van der Waals surface area contributed by atoms with Gasteiger partial charge in [0, 0.05) is 35.0 Å². The number of para-hydroxylation sites is 1. The zero-order valence-corrected chi connectivity index (χ0v) is 18.0. The summed E-state index contributed by atoms with van der Waals surface area (Å²) in [5, 5.41) is 9.87. The van der Waals surface area contributed by atoms with Crippen LogP contribution in [-0.4, -0.2) is 42.4 Å². The van der Waals surface area contributed by atoms with Gasteiger partial charge in [-0.05, 0) is 25.0 Å². The third kappa shape index (κ3) is 4.23. The molecule has 0 radical (unpaired) electrons. The lowest BCUT2D eigenvalue weighted by molar-refractivity contribution is 0.0953. The maximum absolute atomic E-state index is 12.7. The first kappa shape index (κ1) is 20.2. The van der Waals surface area contributed by atoms with Crippen LogP contribution in [0.4, 0.5) is 0 Å². The van der Waals surface area contributed by atoms with E-state index in [4.69, 9.17) is 0 Å². The predicted octanol–water partition coefficient (Wildman–Crippen LogP) is 3.93. The smallest absolute Gasteiger partial charge is 0.254 e. The molecule has 8 heteroatoms. The van der Waals surface area contributed by atoms with E-state index in [0.29, 0.717) is 23.2 Å². The van der Waals surface area contributed by atoms with Gasteiger partial charge in [-0.2, -0.15) is 5.10 Å². The van der Waals surface area contributed by atoms with Crippen LogP contribution in [-0.2, 0) is 6.42 Å². The Morgan fingerprint density at radius 2 is 2.10 bits per heavy atom. The van der Waals surface area contributed by atoms with Crippen molar-refractivity contribution in [3.8, 4) is 5.82 Å². The molecule has 0 unspecified atom stereocenters. The Bertz CT molecular complexity index is 1180. The van der Waals surface area contributed by atoms with Gasteiger partial charge in [0.1, 0.15) is 11.4 Å². The number of rotatable bonds is 7. The number of hydrogen-bond donors (Lipinski definition) is 2. The molecule has 0 spiro atoms. The summed E-state index contributed by atoms with van der Waals surface area (Å²) >= 11 is 1.66. The number of nitrogens with zero attached hydrogens (tertiary/aromatic N) is 4. The van der Waals surface area contributed by atoms with E-state index in [2.05, 4.69) is 45.3 Å². The minimum absolute atomic E-state index is 0.135. The van der Waals surface area contributed by atoms with E-state index < -0.39 is 0 Å². The number of nitrogens with one attached hydrogen (secondary N) is 2. The fourth-order valence-electron chi connectivity index (χ4n) is 3.36. The van der Waals surface area contributed by atoms with Gasteiger partial charge in [-0.15, -0.1) is 11.8 Å². The highest BCUT2D eigenvalue weighted by molar-refractivity contribution is 7.99. The Morgan fingerprint density at radius 1 is 1.27 bits per heavy atom. The van der Waals surface area contributed by atoms with Crippen LogP contribution in [0, 0.1) is 6.92 Å². The number of hydrogen-bond acceptors (Lipinski definition) is 5. The Balaban J connectivity index is 1.43. The van der Waals surface area contributed by atoms with Crippen molar-refractivity contribution in [2.24, 2.45) is 0 Å². The molecule has 3 aromatic heterocycles. The maximum Gasteiger partial charge on any atom is 0.254 e. The molecule has 0 aliphatic rings. The Morgan fingerprint density at radius 3 is 2.93 bits per heavy atom. The molecule has 0 fully saturated rings. The summed E-state index contributed by atoms with van der Waals surface area (Å²) in [5.74, 6) is 0.521. The lowest BCUT2D eigenvalue weighted by Gasteiger charge is -2.08. The number of benzene rings is 1. The van der Waals surface area contributed by atoms with Crippen molar-refractivity contribution in [1.82, 2.24) is 30.0 Å². The van der Waals surface area contributed by atoms with Crippen molar-refractivity contribution in [3.63, 3.8) is 0 Å². The van der Waals surface area contributed by atoms with Crippen LogP contribution in [0.2, 0.25) is 0 Å². The highest BCUT2D eigenvalue weighted by Crippen LogP contribution is 2.22. The summed E-state index contributed by atoms with van der Waals surface area (Å²) in [6.45, 7) is 6.65. The molecule has 1 amide bonds. The molecule has 154 valence electrons. The van der Waals surface area contributed by atoms with E-state index in [1.165, 1.54) is 17.3 Å². The van der Waals surface area contributed by atoms with E-state index in [-0.39, 0.29) is 5.91 Å². The number of fused-ring (bicyclic) bond motifs is 1. The van der Waals surface area contributed by atoms with Gasteiger partial charge in [0.15, 0.2) is 5.82 Å². The molecule has 4 aromatic rings. The Labute approximate surface area is 179 Å². The molecule has 2 N–H and O–H groups in total. The molecule has 1 aromatic carbocycles. The van der Waals surface area contributed by atoms with Crippen molar-refractivity contribution in [2.75, 3.05) is 6.54 Å². The molecule has 4 rings (SSSR count). The second-order valence-corrected chi connectivity index (χ2v) is 8.90. The first-order chi connectivity index (χ1) is 14.5. The zero-order chi connectivity index (χ0) is 21.1. The maximum atomic E-state index is 12.7. The number of amides is 1. The van der Waals surface area contributed by atoms with Gasteiger partial charge >= 0.3 is 0 Å². The first-order valence-electron chi connectivity index (χ1n) is 9.90. The van der Waals surface area contributed by atoms with Crippen LogP contribution in [0.25, 0.3) is 16.7 Å². The Hall–Kier alpha value is -3.13. The van der Waals surface area contributed by atoms with Crippen molar-refractivity contribution < 1.29 is 4.79 Å². The lowest BCUT2D eigenvalue weighted by atomic mass is 10.1. The van der Waals surface area contributed by atoms with Crippen LogP contribution in [0.3, 0.4) is 0 Å². The summed E-state index contributed by atoms with van der Waals surface area (Å²) in [4.78, 5) is 24.6. The molecular formula is C22H24N6OS. The Kier molecular flexibility index (Phi) is 5.85. The van der Waals surface area contributed by atoms with Crippen molar-refractivity contribution >= 4 is 28.6 Å². The fourth-order valence-corrected chi connectivity index (χ4v) is 4.12. The third-order valence-corrected chi connectivity index (χ3v) is 5.75. The second kappa shape index (κ2) is 8.71. The second-order valence-electron chi connectivity index (χ2n) is 7.30. The normalized spacial score (nSPS) is 11.3. The number of carbonyl (C=O) groups excluding carboxylic acids is 1. The van der Waals surface area contributed by atoms with Crippen LogP contribution in [0.1, 0.15) is 35.5 Å². The van der Waals surface area contributed by atoms with Crippen LogP contribution >= 0.6 is 11.8 Å². The SMILES string of the molecule is Cc1c(C(=O)NCCc2c[nH]c3ccccc23)cnn1-c1cc(SC(C)C)ncn1. The molecule has 0 aliphatic heterocycles. The summed E-state index contributed by atoms with van der Waals surface area (Å²) in [6.07, 6.45) is 5.88. The topological polar surface area (TPSA) is 88.5 Å². The van der Waals surface area contributed by atoms with E-state index in [0.717, 1.165) is 22.7 Å². The van der Waals surface area contributed by atoms with E-state index in [1.807, 2.05) is 37.4 Å². The van der Waals surface area contributed by atoms with Gasteiger partial charge in [0.2, 0.25) is 0 Å². The van der Waals surface area contributed by atoms with E-state index in [1.54, 1.807) is 22.6 Å². The minimum Gasteiger partial charge on any atom is -0.361 e. The summed E-state index contributed by atoms with van der Waals surface area (Å²) < 4.78 is 1.68. The molecule has 0 atom stereocenters. The predicted molar refractivity (Wildman–Crippen MR) is 119 cm³/mol. The first-order valence-corrected chi connectivity index (χ1v) is 10.8. The minimum atomic E-state index is -0.135. The highest BCUT2D eigenvalue weighted by Gasteiger charge is 2.16. The average molecular weight is 421 g/mol. The molecular weight excluding hydrogens is 396 g/mol. The van der Waals surface area contributed by atoms with Crippen molar-refractivity contribution in [1.29, 1.82) is 0 Å². The fraction of sp³-hybridized carbons (Fsp3) is 0.273. The van der Waals surface area contributed by atoms with Gasteiger partial charge in [-0.3, -0.25) is 4.79 Å². The van der Waals surface area contributed by atoms with Crippen LogP contribution in [0.5, 0.6) is 0 Å². The highest BCUT2D eigenvalue weighted by atomic mass is 32.2. The van der Waals surface area contributed by atoms with Crippen LogP contribution < -0.4 is 5.32 Å². The molecule has 30 heavy (non-hydrogen) atoms. The molecule has 0 saturated carbocycles. The zero-order valence-electron chi connectivity index (χ0n) is 17.2. The largest absolute Gasteiger partial charge is 0.361 e. The quantitative estimate of drug-likeness (QED) is 0.349. The van der Waals surface area contributed by atoms with Gasteiger partial charge < -0.3 is 10.3 Å². The van der Waals surface area contributed by atoms with E-state index >= 15 is 0 Å². The van der Waals surface area contributed by atoms with Crippen LogP contribution in [0.15, 0.2) is 54.1 Å². The van der Waals surface area contributed by atoms with E-state index in [9.17, 15) is 4.79 Å². The van der Waals surface area contributed by atoms with Gasteiger partial charge in [0.25, 0.3) is 5.91 Å². The number of H-pyrrole nitrogens is 1. The summed E-state index contributed by atoms with van der Waals surface area (Å²) in [5.41, 5.74) is 3.59. The summed E-state index contributed by atoms with van der Waals surface area (Å²) in [6, 6.07) is 10.1.